The quantitative estimate of drug-likeness (QED) is 0.935. The third-order valence-electron chi connectivity index (χ3n) is 2.51. The Morgan fingerprint density at radius 1 is 1.40 bits per heavy atom. The zero-order valence-electron chi connectivity index (χ0n) is 10.2. The highest BCUT2D eigenvalue weighted by Gasteiger charge is 2.12. The second-order valence-electron chi connectivity index (χ2n) is 3.90. The Kier molecular flexibility index (Phi) is 4.18. The minimum atomic E-state index is -1.12. The molecule has 0 radical (unpaired) electrons. The van der Waals surface area contributed by atoms with Gasteiger partial charge < -0.3 is 9.84 Å². The van der Waals surface area contributed by atoms with E-state index in [4.69, 9.17) is 26.7 Å². The molecule has 1 aromatic carbocycles. The van der Waals surface area contributed by atoms with E-state index in [1.54, 1.807) is 18.2 Å². The van der Waals surface area contributed by atoms with Crippen molar-refractivity contribution < 1.29 is 14.6 Å². The van der Waals surface area contributed by atoms with Crippen LogP contribution in [0.2, 0.25) is 5.02 Å². The van der Waals surface area contributed by atoms with Crippen LogP contribution in [0.25, 0.3) is 0 Å². The van der Waals surface area contributed by atoms with Crippen molar-refractivity contribution in [3.63, 3.8) is 0 Å². The van der Waals surface area contributed by atoms with Crippen LogP contribution in [0.1, 0.15) is 21.6 Å². The van der Waals surface area contributed by atoms with Gasteiger partial charge in [-0.2, -0.15) is 5.26 Å². The number of pyridine rings is 1. The Morgan fingerprint density at radius 3 is 2.90 bits per heavy atom. The number of carboxylic acids is 1. The van der Waals surface area contributed by atoms with Gasteiger partial charge in [0.2, 0.25) is 0 Å². The van der Waals surface area contributed by atoms with E-state index in [2.05, 4.69) is 4.98 Å². The number of hydrogen-bond donors (Lipinski definition) is 1. The lowest BCUT2D eigenvalue weighted by molar-refractivity contribution is 0.0691. The molecule has 2 aromatic rings. The molecule has 100 valence electrons. The van der Waals surface area contributed by atoms with Crippen molar-refractivity contribution in [3.05, 3.63) is 58.4 Å². The molecule has 0 aliphatic heterocycles. The molecule has 1 N–H and O–H groups in total. The molecule has 6 heteroatoms. The van der Waals surface area contributed by atoms with Gasteiger partial charge in [0.15, 0.2) is 0 Å². The van der Waals surface area contributed by atoms with E-state index in [0.717, 1.165) is 5.56 Å². The van der Waals surface area contributed by atoms with Crippen molar-refractivity contribution in [1.82, 2.24) is 4.98 Å². The van der Waals surface area contributed by atoms with Gasteiger partial charge >= 0.3 is 5.97 Å². The summed E-state index contributed by atoms with van der Waals surface area (Å²) in [7, 11) is 0. The van der Waals surface area contributed by atoms with E-state index in [1.807, 2.05) is 6.07 Å². The molecule has 0 amide bonds. The fraction of sp³-hybridized carbons (Fsp3) is 0.0714. The van der Waals surface area contributed by atoms with E-state index in [0.29, 0.717) is 5.02 Å². The maximum atomic E-state index is 11.1. The Morgan fingerprint density at radius 2 is 2.20 bits per heavy atom. The molecule has 2 rings (SSSR count). The van der Waals surface area contributed by atoms with Crippen molar-refractivity contribution >= 4 is 17.6 Å². The number of nitrogens with zero attached hydrogens (tertiary/aromatic N) is 2. The number of ether oxygens (including phenoxy) is 1. The standard InChI is InChI=1S/C14H9ClN2O3/c15-10-1-2-13(12(6-10)14(18)19)20-8-9-3-4-17-11(5-9)7-16/h1-6H,8H2,(H,18,19). The van der Waals surface area contributed by atoms with E-state index in [-0.39, 0.29) is 23.6 Å². The molecular weight excluding hydrogens is 280 g/mol. The lowest BCUT2D eigenvalue weighted by Gasteiger charge is -2.09. The number of aromatic carboxylic acids is 1. The van der Waals surface area contributed by atoms with Crippen LogP contribution in [0.4, 0.5) is 0 Å². The van der Waals surface area contributed by atoms with Crippen molar-refractivity contribution in [2.24, 2.45) is 0 Å². The number of hydrogen-bond acceptors (Lipinski definition) is 4. The van der Waals surface area contributed by atoms with Gasteiger partial charge in [-0.1, -0.05) is 11.6 Å². The van der Waals surface area contributed by atoms with Crippen LogP contribution >= 0.6 is 11.6 Å². The topological polar surface area (TPSA) is 83.2 Å². The van der Waals surface area contributed by atoms with Crippen LogP contribution < -0.4 is 4.74 Å². The van der Waals surface area contributed by atoms with Crippen LogP contribution in [0.3, 0.4) is 0 Å². The second kappa shape index (κ2) is 6.04. The minimum absolute atomic E-state index is 0.00735. The molecule has 0 unspecified atom stereocenters. The Labute approximate surface area is 120 Å². The Bertz CT molecular complexity index is 695. The number of carboxylic acid groups (broad SMARTS) is 1. The van der Waals surface area contributed by atoms with Crippen molar-refractivity contribution in [1.29, 1.82) is 5.26 Å². The molecule has 0 saturated carbocycles. The summed E-state index contributed by atoms with van der Waals surface area (Å²) in [6.07, 6.45) is 1.50. The maximum absolute atomic E-state index is 11.1. The summed E-state index contributed by atoms with van der Waals surface area (Å²) in [4.78, 5) is 14.9. The average Bonchev–Trinajstić information content (AvgIpc) is 2.46. The van der Waals surface area contributed by atoms with Crippen LogP contribution in [0, 0.1) is 11.3 Å². The van der Waals surface area contributed by atoms with E-state index in [9.17, 15) is 4.79 Å². The van der Waals surface area contributed by atoms with Crippen molar-refractivity contribution in [2.45, 2.75) is 6.61 Å². The van der Waals surface area contributed by atoms with Gasteiger partial charge in [-0.25, -0.2) is 9.78 Å². The molecular formula is C14H9ClN2O3. The summed E-state index contributed by atoms with van der Waals surface area (Å²) in [5, 5.41) is 18.2. The van der Waals surface area contributed by atoms with E-state index in [1.165, 1.54) is 18.3 Å². The summed E-state index contributed by atoms with van der Waals surface area (Å²) in [6.45, 7) is 0.138. The number of carbonyl (C=O) groups is 1. The Hall–Kier alpha value is -2.58. The maximum Gasteiger partial charge on any atom is 0.339 e. The fourth-order valence-electron chi connectivity index (χ4n) is 1.58. The first-order valence-corrected chi connectivity index (χ1v) is 5.98. The van der Waals surface area contributed by atoms with Gasteiger partial charge in [0.25, 0.3) is 0 Å². The highest BCUT2D eigenvalue weighted by molar-refractivity contribution is 6.31. The fourth-order valence-corrected chi connectivity index (χ4v) is 1.75. The monoisotopic (exact) mass is 288 g/mol. The number of aromatic nitrogens is 1. The molecule has 0 fully saturated rings. The molecule has 0 aliphatic carbocycles. The smallest absolute Gasteiger partial charge is 0.339 e. The highest BCUT2D eigenvalue weighted by atomic mass is 35.5. The lowest BCUT2D eigenvalue weighted by atomic mass is 10.2. The third kappa shape index (κ3) is 3.25. The molecule has 0 atom stereocenters. The van der Waals surface area contributed by atoms with E-state index >= 15 is 0 Å². The summed E-state index contributed by atoms with van der Waals surface area (Å²) in [6, 6.07) is 9.57. The van der Waals surface area contributed by atoms with Crippen LogP contribution in [0.15, 0.2) is 36.5 Å². The summed E-state index contributed by atoms with van der Waals surface area (Å²) < 4.78 is 5.46. The molecule has 5 nitrogen and oxygen atoms in total. The van der Waals surface area contributed by atoms with Gasteiger partial charge in [0.05, 0.1) is 0 Å². The third-order valence-corrected chi connectivity index (χ3v) is 2.74. The normalized spacial score (nSPS) is 9.80. The van der Waals surface area contributed by atoms with Crippen LogP contribution in [-0.4, -0.2) is 16.1 Å². The molecule has 0 saturated heterocycles. The first kappa shape index (κ1) is 13.8. The van der Waals surface area contributed by atoms with Crippen LogP contribution in [-0.2, 0) is 6.61 Å². The SMILES string of the molecule is N#Cc1cc(COc2ccc(Cl)cc2C(=O)O)ccn1. The molecule has 1 heterocycles. The minimum Gasteiger partial charge on any atom is -0.488 e. The van der Waals surface area contributed by atoms with Gasteiger partial charge in [0.1, 0.15) is 29.7 Å². The first-order valence-electron chi connectivity index (χ1n) is 5.61. The number of nitriles is 1. The summed E-state index contributed by atoms with van der Waals surface area (Å²) in [5.74, 6) is -0.896. The lowest BCUT2D eigenvalue weighted by Crippen LogP contribution is -2.03. The second-order valence-corrected chi connectivity index (χ2v) is 4.33. The predicted molar refractivity (Wildman–Crippen MR) is 71.7 cm³/mol. The molecule has 1 aromatic heterocycles. The molecule has 20 heavy (non-hydrogen) atoms. The van der Waals surface area contributed by atoms with Gasteiger partial charge in [-0.3, -0.25) is 0 Å². The summed E-state index contributed by atoms with van der Waals surface area (Å²) >= 11 is 5.75. The zero-order chi connectivity index (χ0) is 14.5. The molecule has 0 aliphatic rings. The number of rotatable bonds is 4. The van der Waals surface area contributed by atoms with Gasteiger partial charge in [0, 0.05) is 11.2 Å². The zero-order valence-corrected chi connectivity index (χ0v) is 11.0. The first-order chi connectivity index (χ1) is 9.60. The molecule has 0 bridgehead atoms. The van der Waals surface area contributed by atoms with Gasteiger partial charge in [-0.15, -0.1) is 0 Å². The summed E-state index contributed by atoms with van der Waals surface area (Å²) in [5.41, 5.74) is 0.996. The van der Waals surface area contributed by atoms with Crippen molar-refractivity contribution in [2.75, 3.05) is 0 Å². The number of benzene rings is 1. The van der Waals surface area contributed by atoms with Crippen molar-refractivity contribution in [3.8, 4) is 11.8 Å². The van der Waals surface area contributed by atoms with E-state index < -0.39 is 5.97 Å². The van der Waals surface area contributed by atoms with Gasteiger partial charge in [-0.05, 0) is 35.9 Å². The predicted octanol–water partition coefficient (Wildman–Crippen LogP) is 2.88. The molecule has 0 spiro atoms. The number of halogens is 1. The van der Waals surface area contributed by atoms with Crippen LogP contribution in [0.5, 0.6) is 5.75 Å². The largest absolute Gasteiger partial charge is 0.488 e. The highest BCUT2D eigenvalue weighted by Crippen LogP contribution is 2.23. The Balaban J connectivity index is 2.19. The average molecular weight is 289 g/mol.